The fourth-order valence-corrected chi connectivity index (χ4v) is 1.86. The summed E-state index contributed by atoms with van der Waals surface area (Å²) in [5, 5.41) is 8.10. The van der Waals surface area contributed by atoms with Crippen molar-refractivity contribution in [3.05, 3.63) is 11.8 Å². The molecule has 84 valence electrons. The van der Waals surface area contributed by atoms with E-state index >= 15 is 0 Å². The standard InChI is InChI=1S/C6H5ClF2N2O3S/c7-15(13,14)6-4(10)3(5(8)9)2(12)1-11-6/h1,5,12H,10H2. The van der Waals surface area contributed by atoms with E-state index in [2.05, 4.69) is 4.98 Å². The zero-order valence-electron chi connectivity index (χ0n) is 6.99. The van der Waals surface area contributed by atoms with Crippen LogP contribution in [-0.4, -0.2) is 18.5 Å². The van der Waals surface area contributed by atoms with Gasteiger partial charge < -0.3 is 10.8 Å². The third-order valence-electron chi connectivity index (χ3n) is 1.55. The van der Waals surface area contributed by atoms with Crippen molar-refractivity contribution < 1.29 is 22.3 Å². The number of nitrogens with zero attached hydrogens (tertiary/aromatic N) is 1. The zero-order valence-corrected chi connectivity index (χ0v) is 8.56. The molecule has 1 aromatic rings. The van der Waals surface area contributed by atoms with Gasteiger partial charge in [0.1, 0.15) is 5.75 Å². The topological polar surface area (TPSA) is 93.3 Å². The molecule has 0 radical (unpaired) electrons. The Labute approximate surface area is 87.9 Å². The van der Waals surface area contributed by atoms with Gasteiger partial charge in [-0.2, -0.15) is 0 Å². The maximum atomic E-state index is 12.4. The van der Waals surface area contributed by atoms with Gasteiger partial charge in [0.15, 0.2) is 5.03 Å². The number of halogens is 3. The first-order valence-corrected chi connectivity index (χ1v) is 5.76. The van der Waals surface area contributed by atoms with Crippen LogP contribution >= 0.6 is 10.7 Å². The SMILES string of the molecule is Nc1c(S(=O)(=O)Cl)ncc(O)c1C(F)F. The van der Waals surface area contributed by atoms with Crippen LogP contribution in [0.25, 0.3) is 0 Å². The summed E-state index contributed by atoms with van der Waals surface area (Å²) in [5.41, 5.74) is 3.26. The molecule has 0 aliphatic heterocycles. The maximum Gasteiger partial charge on any atom is 0.280 e. The van der Waals surface area contributed by atoms with Crippen LogP contribution in [0.1, 0.15) is 12.0 Å². The average Bonchev–Trinajstić information content (AvgIpc) is 2.00. The molecule has 0 fully saturated rings. The normalized spacial score (nSPS) is 12.0. The van der Waals surface area contributed by atoms with E-state index in [9.17, 15) is 17.2 Å². The number of hydrogen-bond acceptors (Lipinski definition) is 5. The van der Waals surface area contributed by atoms with Gasteiger partial charge in [0.05, 0.1) is 17.4 Å². The van der Waals surface area contributed by atoms with Crippen LogP contribution in [0.3, 0.4) is 0 Å². The Kier molecular flexibility index (Phi) is 3.00. The summed E-state index contributed by atoms with van der Waals surface area (Å²) in [6.07, 6.45) is -2.57. The highest BCUT2D eigenvalue weighted by molar-refractivity contribution is 8.13. The number of nitrogen functional groups attached to an aromatic ring is 1. The third-order valence-corrected chi connectivity index (χ3v) is 2.78. The van der Waals surface area contributed by atoms with E-state index < -0.39 is 37.5 Å². The number of aromatic hydroxyl groups is 1. The molecule has 0 unspecified atom stereocenters. The molecule has 0 atom stereocenters. The molecule has 0 aromatic carbocycles. The van der Waals surface area contributed by atoms with Crippen LogP contribution in [0.15, 0.2) is 11.2 Å². The monoisotopic (exact) mass is 258 g/mol. The quantitative estimate of drug-likeness (QED) is 0.779. The summed E-state index contributed by atoms with van der Waals surface area (Å²) in [4.78, 5) is 3.16. The molecule has 5 nitrogen and oxygen atoms in total. The molecule has 0 aliphatic rings. The lowest BCUT2D eigenvalue weighted by Crippen LogP contribution is -2.05. The van der Waals surface area contributed by atoms with Crippen LogP contribution in [0, 0.1) is 0 Å². The molecule has 0 saturated carbocycles. The van der Waals surface area contributed by atoms with E-state index in [-0.39, 0.29) is 0 Å². The first kappa shape index (κ1) is 11.9. The predicted molar refractivity (Wildman–Crippen MR) is 48.3 cm³/mol. The van der Waals surface area contributed by atoms with Gasteiger partial charge in [0.2, 0.25) is 0 Å². The largest absolute Gasteiger partial charge is 0.506 e. The van der Waals surface area contributed by atoms with Crippen LogP contribution in [0.2, 0.25) is 0 Å². The lowest BCUT2D eigenvalue weighted by atomic mass is 10.2. The Hall–Kier alpha value is -1.15. The second-order valence-electron chi connectivity index (χ2n) is 2.51. The number of anilines is 1. The molecule has 0 aliphatic carbocycles. The molecule has 0 amide bonds. The van der Waals surface area contributed by atoms with Gasteiger partial charge in [0, 0.05) is 10.7 Å². The average molecular weight is 259 g/mol. The van der Waals surface area contributed by atoms with Crippen LogP contribution in [0.5, 0.6) is 5.75 Å². The van der Waals surface area contributed by atoms with Crippen molar-refractivity contribution in [2.75, 3.05) is 5.73 Å². The molecule has 1 heterocycles. The summed E-state index contributed by atoms with van der Waals surface area (Å²) in [7, 11) is 0.581. The number of pyridine rings is 1. The van der Waals surface area contributed by atoms with E-state index in [4.69, 9.17) is 21.5 Å². The minimum absolute atomic E-state index is 0.549. The van der Waals surface area contributed by atoms with Crippen molar-refractivity contribution in [2.24, 2.45) is 0 Å². The van der Waals surface area contributed by atoms with Gasteiger partial charge in [-0.25, -0.2) is 22.2 Å². The number of nitrogens with two attached hydrogens (primary N) is 1. The Bertz CT molecular complexity index is 491. The summed E-state index contributed by atoms with van der Waals surface area (Å²) < 4.78 is 46.4. The lowest BCUT2D eigenvalue weighted by molar-refractivity contribution is 0.148. The second kappa shape index (κ2) is 3.78. The van der Waals surface area contributed by atoms with Crippen molar-refractivity contribution in [1.29, 1.82) is 0 Å². The van der Waals surface area contributed by atoms with Gasteiger partial charge in [-0.3, -0.25) is 0 Å². The Balaban J connectivity index is 3.56. The van der Waals surface area contributed by atoms with E-state index in [0.29, 0.717) is 6.20 Å². The smallest absolute Gasteiger partial charge is 0.280 e. The van der Waals surface area contributed by atoms with Crippen LogP contribution < -0.4 is 5.73 Å². The van der Waals surface area contributed by atoms with E-state index in [0.717, 1.165) is 0 Å². The first-order valence-electron chi connectivity index (χ1n) is 3.45. The molecule has 0 spiro atoms. The molecule has 0 bridgehead atoms. The molecule has 15 heavy (non-hydrogen) atoms. The minimum Gasteiger partial charge on any atom is -0.506 e. The molecule has 1 aromatic heterocycles. The van der Waals surface area contributed by atoms with Crippen LogP contribution in [0.4, 0.5) is 14.5 Å². The van der Waals surface area contributed by atoms with Gasteiger partial charge >= 0.3 is 0 Å². The van der Waals surface area contributed by atoms with Crippen molar-refractivity contribution in [3.8, 4) is 5.75 Å². The molecule has 3 N–H and O–H groups in total. The molecule has 9 heteroatoms. The number of aromatic nitrogens is 1. The van der Waals surface area contributed by atoms with Crippen molar-refractivity contribution in [2.45, 2.75) is 11.5 Å². The van der Waals surface area contributed by atoms with Crippen molar-refractivity contribution in [1.82, 2.24) is 4.98 Å². The zero-order chi connectivity index (χ0) is 11.8. The van der Waals surface area contributed by atoms with E-state index in [1.165, 1.54) is 0 Å². The second-order valence-corrected chi connectivity index (χ2v) is 5.00. The Morgan fingerprint density at radius 2 is 2.07 bits per heavy atom. The number of alkyl halides is 2. The fraction of sp³-hybridized carbons (Fsp3) is 0.167. The predicted octanol–water partition coefficient (Wildman–Crippen LogP) is 1.23. The van der Waals surface area contributed by atoms with E-state index in [1.54, 1.807) is 0 Å². The van der Waals surface area contributed by atoms with Gasteiger partial charge in [-0.1, -0.05) is 0 Å². The van der Waals surface area contributed by atoms with Crippen LogP contribution in [-0.2, 0) is 9.05 Å². The Morgan fingerprint density at radius 3 is 2.47 bits per heavy atom. The summed E-state index contributed by atoms with van der Waals surface area (Å²) >= 11 is 0. The third kappa shape index (κ3) is 2.26. The van der Waals surface area contributed by atoms with Gasteiger partial charge in [-0.05, 0) is 0 Å². The van der Waals surface area contributed by atoms with Crippen molar-refractivity contribution in [3.63, 3.8) is 0 Å². The number of hydrogen-bond donors (Lipinski definition) is 2. The maximum absolute atomic E-state index is 12.4. The van der Waals surface area contributed by atoms with Gasteiger partial charge in [-0.15, -0.1) is 0 Å². The highest BCUT2D eigenvalue weighted by atomic mass is 35.7. The van der Waals surface area contributed by atoms with E-state index in [1.807, 2.05) is 0 Å². The first-order chi connectivity index (χ1) is 6.75. The summed E-state index contributed by atoms with van der Waals surface area (Å²) in [6.45, 7) is 0. The number of rotatable bonds is 2. The van der Waals surface area contributed by atoms with Gasteiger partial charge in [0.25, 0.3) is 15.5 Å². The summed E-state index contributed by atoms with van der Waals surface area (Å²) in [6, 6.07) is 0. The molecular weight excluding hydrogens is 254 g/mol. The highest BCUT2D eigenvalue weighted by Gasteiger charge is 2.25. The summed E-state index contributed by atoms with van der Waals surface area (Å²) in [5.74, 6) is -0.883. The molecule has 1 rings (SSSR count). The molecule has 0 saturated heterocycles. The van der Waals surface area contributed by atoms with Crippen molar-refractivity contribution >= 4 is 25.4 Å². The molecular formula is C6H5ClF2N2O3S. The highest BCUT2D eigenvalue weighted by Crippen LogP contribution is 2.36. The fourth-order valence-electron chi connectivity index (χ4n) is 0.936. The Morgan fingerprint density at radius 1 is 1.53 bits per heavy atom. The minimum atomic E-state index is -4.31. The lowest BCUT2D eigenvalue weighted by Gasteiger charge is -2.08.